The van der Waals surface area contributed by atoms with Gasteiger partial charge in [-0.05, 0) is 18.6 Å². The number of aromatic nitrogens is 3. The maximum Gasteiger partial charge on any atom is 2.00 e. The minimum atomic E-state index is 0. The van der Waals surface area contributed by atoms with Gasteiger partial charge in [-0.2, -0.15) is 0 Å². The third kappa shape index (κ3) is 3.75. The molecule has 0 atom stereocenters. The van der Waals surface area contributed by atoms with Gasteiger partial charge in [0.2, 0.25) is 0 Å². The van der Waals surface area contributed by atoms with Gasteiger partial charge in [-0.15, -0.1) is 5.39 Å². The molecular formula is C11H17N3W. The fraction of sp³-hybridized carbons (Fsp3) is 0.364. The van der Waals surface area contributed by atoms with Crippen molar-refractivity contribution in [3.8, 4) is 0 Å². The molecule has 0 aliphatic rings. The van der Waals surface area contributed by atoms with Crippen LogP contribution in [0.15, 0.2) is 12.3 Å². The van der Waals surface area contributed by atoms with E-state index < -0.39 is 0 Å². The first-order valence-corrected chi connectivity index (χ1v) is 4.44. The van der Waals surface area contributed by atoms with Crippen molar-refractivity contribution < 1.29 is 21.1 Å². The van der Waals surface area contributed by atoms with Crippen LogP contribution in [0.25, 0.3) is 10.9 Å². The van der Waals surface area contributed by atoms with E-state index in [1.165, 1.54) is 0 Å². The first-order valence-electron chi connectivity index (χ1n) is 4.44. The van der Waals surface area contributed by atoms with Crippen molar-refractivity contribution in [3.63, 3.8) is 0 Å². The molecule has 2 rings (SSSR count). The van der Waals surface area contributed by atoms with Crippen molar-refractivity contribution in [2.45, 2.75) is 20.8 Å². The Balaban J connectivity index is 0. The Labute approximate surface area is 106 Å². The van der Waals surface area contributed by atoms with Crippen LogP contribution in [0.4, 0.5) is 0 Å². The second kappa shape index (κ2) is 7.58. The minimum absolute atomic E-state index is 0. The number of pyridine rings is 1. The zero-order chi connectivity index (χ0) is 9.84. The molecule has 0 fully saturated rings. The maximum absolute atomic E-state index is 4.14. The van der Waals surface area contributed by atoms with E-state index in [0.29, 0.717) is 0 Å². The Morgan fingerprint density at radius 2 is 1.93 bits per heavy atom. The van der Waals surface area contributed by atoms with Crippen LogP contribution in [-0.4, -0.2) is 14.8 Å². The molecule has 0 unspecified atom stereocenters. The second-order valence-corrected chi connectivity index (χ2v) is 2.58. The second-order valence-electron chi connectivity index (χ2n) is 2.58. The van der Waals surface area contributed by atoms with Crippen LogP contribution in [0.1, 0.15) is 19.5 Å². The number of fused-ring (bicyclic) bond motifs is 1. The summed E-state index contributed by atoms with van der Waals surface area (Å²) in [6.07, 6.45) is 4.65. The Hall–Kier alpha value is -0.692. The SMILES string of the molecule is CC.Cc1cc2c([c-]nn2C)cn1.[CH3-].[W+2]. The molecule has 0 saturated carbocycles. The smallest absolute Gasteiger partial charge is 0.358 e. The van der Waals surface area contributed by atoms with Crippen LogP contribution in [0.3, 0.4) is 0 Å². The molecule has 2 heterocycles. The Bertz CT molecular complexity index is 396. The molecule has 0 N–H and O–H groups in total. The van der Waals surface area contributed by atoms with E-state index >= 15 is 0 Å². The minimum Gasteiger partial charge on any atom is -0.358 e. The van der Waals surface area contributed by atoms with Gasteiger partial charge in [0.25, 0.3) is 0 Å². The first kappa shape index (κ1) is 16.7. The first-order chi connectivity index (χ1) is 6.27. The van der Waals surface area contributed by atoms with Crippen LogP contribution in [0.2, 0.25) is 0 Å². The predicted octanol–water partition coefficient (Wildman–Crippen LogP) is 2.55. The molecule has 0 saturated heterocycles. The van der Waals surface area contributed by atoms with Gasteiger partial charge in [0.05, 0.1) is 0 Å². The molecule has 0 aromatic carbocycles. The molecule has 2 aromatic rings. The molecule has 0 amide bonds. The van der Waals surface area contributed by atoms with Gasteiger partial charge in [-0.25, -0.2) is 0 Å². The zero-order valence-corrected chi connectivity index (χ0v) is 12.8. The van der Waals surface area contributed by atoms with Crippen LogP contribution in [0.5, 0.6) is 0 Å². The van der Waals surface area contributed by atoms with Crippen LogP contribution >= 0.6 is 0 Å². The molecule has 0 radical (unpaired) electrons. The fourth-order valence-corrected chi connectivity index (χ4v) is 1.08. The van der Waals surface area contributed by atoms with Crippen molar-refractivity contribution in [1.82, 2.24) is 14.8 Å². The van der Waals surface area contributed by atoms with Gasteiger partial charge in [0.1, 0.15) is 0 Å². The molecular weight excluding hydrogens is 358 g/mol. The average Bonchev–Trinajstić information content (AvgIpc) is 2.52. The number of hydrogen-bond acceptors (Lipinski definition) is 2. The summed E-state index contributed by atoms with van der Waals surface area (Å²) < 4.78 is 1.80. The Kier molecular flexibility index (Phi) is 8.45. The van der Waals surface area contributed by atoms with E-state index in [1.54, 1.807) is 10.9 Å². The summed E-state index contributed by atoms with van der Waals surface area (Å²) in [5, 5.41) is 4.96. The van der Waals surface area contributed by atoms with E-state index in [-0.39, 0.29) is 28.5 Å². The number of rotatable bonds is 0. The summed E-state index contributed by atoms with van der Waals surface area (Å²) in [4.78, 5) is 4.14. The molecule has 0 spiro atoms. The van der Waals surface area contributed by atoms with E-state index in [2.05, 4.69) is 16.3 Å². The third-order valence-electron chi connectivity index (χ3n) is 1.69. The molecule has 0 bridgehead atoms. The van der Waals surface area contributed by atoms with Gasteiger partial charge in [0, 0.05) is 12.7 Å². The Morgan fingerprint density at radius 1 is 1.33 bits per heavy atom. The number of nitrogens with zero attached hydrogens (tertiary/aromatic N) is 3. The quantitative estimate of drug-likeness (QED) is 0.663. The van der Waals surface area contributed by atoms with Crippen molar-refractivity contribution in [2.24, 2.45) is 7.05 Å². The summed E-state index contributed by atoms with van der Waals surface area (Å²) in [6, 6.07) is 2.00. The normalized spacial score (nSPS) is 8.27. The maximum atomic E-state index is 4.14. The summed E-state index contributed by atoms with van der Waals surface area (Å²) in [5.74, 6) is 0. The Morgan fingerprint density at radius 3 is 2.53 bits per heavy atom. The summed E-state index contributed by atoms with van der Waals surface area (Å²) >= 11 is 0. The van der Waals surface area contributed by atoms with E-state index in [0.717, 1.165) is 16.6 Å². The van der Waals surface area contributed by atoms with Crippen molar-refractivity contribution >= 4 is 10.9 Å². The molecule has 3 nitrogen and oxygen atoms in total. The summed E-state index contributed by atoms with van der Waals surface area (Å²) in [7, 11) is 1.90. The summed E-state index contributed by atoms with van der Waals surface area (Å²) in [5.41, 5.74) is 2.09. The molecule has 4 heteroatoms. The molecule has 15 heavy (non-hydrogen) atoms. The zero-order valence-electron chi connectivity index (χ0n) is 9.90. The van der Waals surface area contributed by atoms with Crippen molar-refractivity contribution in [1.29, 1.82) is 0 Å². The molecule has 0 aliphatic carbocycles. The van der Waals surface area contributed by atoms with Crippen LogP contribution in [-0.2, 0) is 28.1 Å². The topological polar surface area (TPSA) is 30.7 Å². The number of aryl methyl sites for hydroxylation is 2. The van der Waals surface area contributed by atoms with Crippen LogP contribution < -0.4 is 0 Å². The predicted molar refractivity (Wildman–Crippen MR) is 59.8 cm³/mol. The van der Waals surface area contributed by atoms with E-state index in [9.17, 15) is 0 Å². The van der Waals surface area contributed by atoms with Gasteiger partial charge >= 0.3 is 21.1 Å². The van der Waals surface area contributed by atoms with Crippen molar-refractivity contribution in [3.05, 3.63) is 31.6 Å². The van der Waals surface area contributed by atoms with Crippen molar-refractivity contribution in [2.75, 3.05) is 0 Å². The van der Waals surface area contributed by atoms with E-state index in [4.69, 9.17) is 0 Å². The standard InChI is InChI=1S/C8H8N3.C2H6.CH3.W/c1-6-3-8-7(4-9-6)5-10-11(8)2;1-2;;/h3-4H,1-2H3;1-2H3;1H3;/q-1;;-1;+2. The monoisotopic (exact) mass is 375 g/mol. The number of hydrogen-bond donors (Lipinski definition) is 0. The summed E-state index contributed by atoms with van der Waals surface area (Å²) in [6.45, 7) is 5.96. The molecule has 0 aliphatic heterocycles. The fourth-order valence-electron chi connectivity index (χ4n) is 1.08. The molecule has 82 valence electrons. The van der Waals surface area contributed by atoms with Crippen LogP contribution in [0, 0.1) is 20.5 Å². The largest absolute Gasteiger partial charge is 2.00 e. The van der Waals surface area contributed by atoms with E-state index in [1.807, 2.05) is 33.9 Å². The van der Waals surface area contributed by atoms with Gasteiger partial charge in [0.15, 0.2) is 0 Å². The average molecular weight is 375 g/mol. The third-order valence-corrected chi connectivity index (χ3v) is 1.69. The van der Waals surface area contributed by atoms with Gasteiger partial charge < -0.3 is 17.1 Å². The van der Waals surface area contributed by atoms with Gasteiger partial charge in [-0.1, -0.05) is 26.1 Å². The van der Waals surface area contributed by atoms with Gasteiger partial charge in [-0.3, -0.25) is 5.10 Å². The molecule has 2 aromatic heterocycles.